The summed E-state index contributed by atoms with van der Waals surface area (Å²) < 4.78 is 1.33. The van der Waals surface area contributed by atoms with Gasteiger partial charge < -0.3 is 0 Å². The molecule has 1 aliphatic rings. The van der Waals surface area contributed by atoms with Crippen LogP contribution in [0.5, 0.6) is 0 Å². The van der Waals surface area contributed by atoms with Gasteiger partial charge in [0.1, 0.15) is 0 Å². The van der Waals surface area contributed by atoms with Crippen LogP contribution >= 0.6 is 22.6 Å². The van der Waals surface area contributed by atoms with Gasteiger partial charge in [0.25, 0.3) is 0 Å². The van der Waals surface area contributed by atoms with E-state index in [9.17, 15) is 0 Å². The Bertz CT molecular complexity index is 107. The van der Waals surface area contributed by atoms with Crippen molar-refractivity contribution in [1.82, 2.24) is 0 Å². The van der Waals surface area contributed by atoms with Gasteiger partial charge in [-0.2, -0.15) is 0 Å². The minimum absolute atomic E-state index is 0.933. The summed E-state index contributed by atoms with van der Waals surface area (Å²) in [5.41, 5.74) is 0. The second-order valence-electron chi connectivity index (χ2n) is 2.95. The minimum Gasteiger partial charge on any atom is -0.0882 e. The van der Waals surface area contributed by atoms with Gasteiger partial charge in [-0.1, -0.05) is 41.2 Å². The predicted octanol–water partition coefficient (Wildman–Crippen LogP) is 3.56. The molecule has 1 rings (SSSR count). The molecule has 0 radical (unpaired) electrons. The van der Waals surface area contributed by atoms with Crippen LogP contribution in [0.4, 0.5) is 0 Å². The van der Waals surface area contributed by atoms with E-state index >= 15 is 0 Å². The van der Waals surface area contributed by atoms with Crippen LogP contribution in [0, 0.1) is 5.92 Å². The highest BCUT2D eigenvalue weighted by Crippen LogP contribution is 2.22. The van der Waals surface area contributed by atoms with Gasteiger partial charge in [0.2, 0.25) is 0 Å². The summed E-state index contributed by atoms with van der Waals surface area (Å²) in [6.07, 6.45) is 11.7. The van der Waals surface area contributed by atoms with Crippen molar-refractivity contribution in [3.63, 3.8) is 0 Å². The first-order valence-electron chi connectivity index (χ1n) is 4.16. The molecule has 10 heavy (non-hydrogen) atoms. The minimum atomic E-state index is 0.933. The fraction of sp³-hybridized carbons (Fsp3) is 0.778. The van der Waals surface area contributed by atoms with Gasteiger partial charge in [-0.05, 0) is 36.0 Å². The third kappa shape index (κ3) is 3.04. The summed E-state index contributed by atoms with van der Waals surface area (Å²) in [6.45, 7) is 0. The molecule has 0 fully saturated rings. The van der Waals surface area contributed by atoms with Crippen molar-refractivity contribution in [1.29, 1.82) is 0 Å². The Hall–Kier alpha value is 0.470. The highest BCUT2D eigenvalue weighted by atomic mass is 127. The van der Waals surface area contributed by atoms with Gasteiger partial charge in [-0.15, -0.1) is 0 Å². The first-order chi connectivity index (χ1) is 4.93. The van der Waals surface area contributed by atoms with Crippen molar-refractivity contribution < 1.29 is 0 Å². The molecule has 0 bridgehead atoms. The molecular weight excluding hydrogens is 235 g/mol. The number of allylic oxidation sites excluding steroid dienone is 2. The zero-order valence-corrected chi connectivity index (χ0v) is 8.51. The van der Waals surface area contributed by atoms with Crippen LogP contribution in [0.3, 0.4) is 0 Å². The largest absolute Gasteiger partial charge is 0.0882 e. The monoisotopic (exact) mass is 250 g/mol. The van der Waals surface area contributed by atoms with Crippen molar-refractivity contribution in [2.75, 3.05) is 4.43 Å². The molecule has 0 aromatic rings. The van der Waals surface area contributed by atoms with E-state index in [4.69, 9.17) is 0 Å². The third-order valence-electron chi connectivity index (χ3n) is 2.07. The summed E-state index contributed by atoms with van der Waals surface area (Å²) in [7, 11) is 0. The maximum atomic E-state index is 2.46. The van der Waals surface area contributed by atoms with E-state index in [0.29, 0.717) is 0 Å². The topological polar surface area (TPSA) is 0 Å². The number of alkyl halides is 1. The summed E-state index contributed by atoms with van der Waals surface area (Å²) in [6, 6.07) is 0. The van der Waals surface area contributed by atoms with E-state index in [-0.39, 0.29) is 0 Å². The fourth-order valence-electron chi connectivity index (χ4n) is 1.44. The molecular formula is C9H15I. The number of rotatable bonds is 4. The lowest BCUT2D eigenvalue weighted by Gasteiger charge is -2.04. The number of halogens is 1. The van der Waals surface area contributed by atoms with Crippen molar-refractivity contribution >= 4 is 22.6 Å². The molecule has 58 valence electrons. The van der Waals surface area contributed by atoms with E-state index in [2.05, 4.69) is 34.7 Å². The van der Waals surface area contributed by atoms with Crippen LogP contribution in [0.2, 0.25) is 0 Å². The quantitative estimate of drug-likeness (QED) is 0.310. The van der Waals surface area contributed by atoms with Gasteiger partial charge >= 0.3 is 0 Å². The third-order valence-corrected chi connectivity index (χ3v) is 2.83. The SMILES string of the molecule is ICCCC[C@@H]1C=CCC1. The van der Waals surface area contributed by atoms with E-state index < -0.39 is 0 Å². The van der Waals surface area contributed by atoms with E-state index in [1.165, 1.54) is 36.5 Å². The van der Waals surface area contributed by atoms with Gasteiger partial charge in [0.15, 0.2) is 0 Å². The van der Waals surface area contributed by atoms with Gasteiger partial charge in [-0.25, -0.2) is 0 Å². The Morgan fingerprint density at radius 2 is 2.30 bits per heavy atom. The molecule has 0 aromatic carbocycles. The van der Waals surface area contributed by atoms with E-state index in [0.717, 1.165) is 5.92 Å². The Balaban J connectivity index is 1.97. The average molecular weight is 250 g/mol. The maximum absolute atomic E-state index is 2.46. The van der Waals surface area contributed by atoms with Crippen LogP contribution < -0.4 is 0 Å². The number of hydrogen-bond acceptors (Lipinski definition) is 0. The smallest absolute Gasteiger partial charge is 0.000472 e. The molecule has 1 aliphatic carbocycles. The molecule has 0 saturated heterocycles. The molecule has 0 saturated carbocycles. The molecule has 1 atom stereocenters. The number of hydrogen-bond donors (Lipinski definition) is 0. The second-order valence-corrected chi connectivity index (χ2v) is 4.03. The van der Waals surface area contributed by atoms with Crippen molar-refractivity contribution in [2.24, 2.45) is 5.92 Å². The average Bonchev–Trinajstić information content (AvgIpc) is 2.41. The van der Waals surface area contributed by atoms with Crippen LogP contribution in [0.15, 0.2) is 12.2 Å². The fourth-order valence-corrected chi connectivity index (χ4v) is 1.98. The molecule has 0 N–H and O–H groups in total. The molecule has 0 heterocycles. The van der Waals surface area contributed by atoms with Gasteiger partial charge in [0.05, 0.1) is 0 Å². The molecule has 0 spiro atoms. The van der Waals surface area contributed by atoms with Crippen molar-refractivity contribution in [2.45, 2.75) is 32.1 Å². The Kier molecular flexibility index (Phi) is 4.42. The zero-order valence-electron chi connectivity index (χ0n) is 6.35. The molecule has 0 unspecified atom stereocenters. The van der Waals surface area contributed by atoms with Crippen molar-refractivity contribution in [3.05, 3.63) is 12.2 Å². The van der Waals surface area contributed by atoms with Gasteiger partial charge in [0, 0.05) is 0 Å². The Labute approximate surface area is 77.2 Å². The van der Waals surface area contributed by atoms with Crippen LogP contribution in [-0.4, -0.2) is 4.43 Å². The predicted molar refractivity (Wildman–Crippen MR) is 54.6 cm³/mol. The van der Waals surface area contributed by atoms with Gasteiger partial charge in [-0.3, -0.25) is 0 Å². The maximum Gasteiger partial charge on any atom is -0.000472 e. The highest BCUT2D eigenvalue weighted by molar-refractivity contribution is 14.1. The standard InChI is InChI=1S/C9H15I/c10-8-4-3-7-9-5-1-2-6-9/h1,5,9H,2-4,6-8H2/t9-/m1/s1. The lowest BCUT2D eigenvalue weighted by molar-refractivity contribution is 0.548. The van der Waals surface area contributed by atoms with Crippen LogP contribution in [-0.2, 0) is 0 Å². The Morgan fingerprint density at radius 1 is 1.40 bits per heavy atom. The summed E-state index contributed by atoms with van der Waals surface area (Å²) in [5.74, 6) is 0.933. The summed E-state index contributed by atoms with van der Waals surface area (Å²) in [5, 5.41) is 0. The normalized spacial score (nSPS) is 23.9. The first kappa shape index (κ1) is 8.57. The summed E-state index contributed by atoms with van der Waals surface area (Å²) >= 11 is 2.46. The van der Waals surface area contributed by atoms with E-state index in [1.54, 1.807) is 0 Å². The molecule has 0 amide bonds. The highest BCUT2D eigenvalue weighted by Gasteiger charge is 2.07. The van der Waals surface area contributed by atoms with Crippen LogP contribution in [0.25, 0.3) is 0 Å². The first-order valence-corrected chi connectivity index (χ1v) is 5.68. The lowest BCUT2D eigenvalue weighted by atomic mass is 10.0. The van der Waals surface area contributed by atoms with E-state index in [1.807, 2.05) is 0 Å². The van der Waals surface area contributed by atoms with Crippen LogP contribution in [0.1, 0.15) is 32.1 Å². The second kappa shape index (κ2) is 5.16. The lowest BCUT2D eigenvalue weighted by Crippen LogP contribution is -1.91. The Morgan fingerprint density at radius 3 is 2.90 bits per heavy atom. The molecule has 0 nitrogen and oxygen atoms in total. The number of unbranched alkanes of at least 4 members (excludes halogenated alkanes) is 1. The van der Waals surface area contributed by atoms with Crippen molar-refractivity contribution in [3.8, 4) is 0 Å². The molecule has 0 aliphatic heterocycles. The molecule has 1 heteroatoms. The summed E-state index contributed by atoms with van der Waals surface area (Å²) in [4.78, 5) is 0. The zero-order chi connectivity index (χ0) is 7.23. The molecule has 0 aromatic heterocycles.